The number of fused-ring (bicyclic) bond motifs is 3. The van der Waals surface area contributed by atoms with Crippen molar-refractivity contribution in [3.05, 3.63) is 23.3 Å². The van der Waals surface area contributed by atoms with Gasteiger partial charge in [-0.05, 0) is 42.5 Å². The number of aryl methyl sites for hydroxylation is 1. The minimum absolute atomic E-state index is 0.227. The summed E-state index contributed by atoms with van der Waals surface area (Å²) in [4.78, 5) is 13.7. The number of rotatable bonds is 1. The first-order valence-electron chi connectivity index (χ1n) is 5.59. The molecule has 84 valence electrons. The lowest BCUT2D eigenvalue weighted by Gasteiger charge is -2.26. The zero-order chi connectivity index (χ0) is 11.4. The van der Waals surface area contributed by atoms with Crippen molar-refractivity contribution in [2.75, 3.05) is 19.1 Å². The highest BCUT2D eigenvalue weighted by molar-refractivity contribution is 6.01. The van der Waals surface area contributed by atoms with Crippen LogP contribution in [0.15, 0.2) is 12.1 Å². The molecule has 3 heteroatoms. The second-order valence-corrected chi connectivity index (χ2v) is 4.73. The number of amides is 1. The Morgan fingerprint density at radius 2 is 2.12 bits per heavy atom. The third-order valence-corrected chi connectivity index (χ3v) is 3.74. The van der Waals surface area contributed by atoms with E-state index in [4.69, 9.17) is 4.74 Å². The fraction of sp³-hybridized carbons (Fsp3) is 0.462. The molecule has 1 saturated carbocycles. The molecule has 3 nitrogen and oxygen atoms in total. The van der Waals surface area contributed by atoms with Crippen molar-refractivity contribution in [2.24, 2.45) is 5.92 Å². The number of nitrogens with zero attached hydrogens (tertiary/aromatic N) is 1. The highest BCUT2D eigenvalue weighted by Gasteiger charge is 2.50. The Balaban J connectivity index is 2.17. The molecule has 1 aromatic carbocycles. The molecule has 16 heavy (non-hydrogen) atoms. The predicted molar refractivity (Wildman–Crippen MR) is 62.0 cm³/mol. The van der Waals surface area contributed by atoms with Crippen molar-refractivity contribution < 1.29 is 9.53 Å². The summed E-state index contributed by atoms with van der Waals surface area (Å²) in [6, 6.07) is 4.15. The number of ether oxygens (including phenoxy) is 1. The fourth-order valence-electron chi connectivity index (χ4n) is 2.68. The molecule has 0 N–H and O–H groups in total. The van der Waals surface area contributed by atoms with Crippen molar-refractivity contribution in [1.82, 2.24) is 0 Å². The zero-order valence-electron chi connectivity index (χ0n) is 9.78. The lowest BCUT2D eigenvalue weighted by atomic mass is 9.99. The van der Waals surface area contributed by atoms with Crippen LogP contribution in [-0.4, -0.2) is 20.1 Å². The molecule has 1 amide bonds. The smallest absolute Gasteiger partial charge is 0.230 e. The third kappa shape index (κ3) is 1.11. The van der Waals surface area contributed by atoms with Crippen LogP contribution in [0, 0.1) is 12.8 Å². The Labute approximate surface area is 95.0 Å². The molecule has 2 atom stereocenters. The van der Waals surface area contributed by atoms with Crippen LogP contribution in [0.5, 0.6) is 5.75 Å². The van der Waals surface area contributed by atoms with Crippen LogP contribution in [0.1, 0.15) is 23.5 Å². The second kappa shape index (κ2) is 3.00. The van der Waals surface area contributed by atoms with Gasteiger partial charge in [-0.2, -0.15) is 0 Å². The normalized spacial score (nSPS) is 26.2. The molecule has 0 radical (unpaired) electrons. The molecule has 1 heterocycles. The first kappa shape index (κ1) is 9.70. The number of methoxy groups -OCH3 is 1. The molecule has 0 aromatic heterocycles. The maximum atomic E-state index is 11.9. The number of carbonyl (C=O) groups is 1. The molecule has 1 aromatic rings. The summed E-state index contributed by atoms with van der Waals surface area (Å²) in [7, 11) is 3.55. The predicted octanol–water partition coefficient (Wildman–Crippen LogP) is 2.08. The van der Waals surface area contributed by atoms with Crippen LogP contribution in [0.25, 0.3) is 0 Å². The van der Waals surface area contributed by atoms with Crippen LogP contribution in [-0.2, 0) is 4.79 Å². The Morgan fingerprint density at radius 3 is 2.81 bits per heavy atom. The van der Waals surface area contributed by atoms with E-state index in [1.165, 1.54) is 5.56 Å². The van der Waals surface area contributed by atoms with E-state index in [0.29, 0.717) is 5.92 Å². The van der Waals surface area contributed by atoms with Crippen molar-refractivity contribution >= 4 is 11.6 Å². The van der Waals surface area contributed by atoms with Gasteiger partial charge in [-0.1, -0.05) is 0 Å². The van der Waals surface area contributed by atoms with E-state index in [9.17, 15) is 4.79 Å². The SMILES string of the molecule is COc1cc2c(cc1C)N(C)C(=O)C1CC21. The maximum absolute atomic E-state index is 11.9. The van der Waals surface area contributed by atoms with E-state index < -0.39 is 0 Å². The molecule has 2 unspecified atom stereocenters. The largest absolute Gasteiger partial charge is 0.496 e. The number of hydrogen-bond donors (Lipinski definition) is 0. The highest BCUT2D eigenvalue weighted by Crippen LogP contribution is 2.55. The standard InChI is InChI=1S/C13H15NO2/c1-7-4-11-9(6-12(7)16-3)8-5-10(8)13(15)14(11)2/h4,6,8,10H,5H2,1-3H3. The van der Waals surface area contributed by atoms with E-state index in [2.05, 4.69) is 12.1 Å². The van der Waals surface area contributed by atoms with Gasteiger partial charge in [0.2, 0.25) is 5.91 Å². The van der Waals surface area contributed by atoms with Gasteiger partial charge in [0.15, 0.2) is 0 Å². The van der Waals surface area contributed by atoms with Gasteiger partial charge in [0.25, 0.3) is 0 Å². The first-order valence-corrected chi connectivity index (χ1v) is 5.59. The topological polar surface area (TPSA) is 29.5 Å². The van der Waals surface area contributed by atoms with Crippen LogP contribution in [0.4, 0.5) is 5.69 Å². The van der Waals surface area contributed by atoms with Crippen molar-refractivity contribution in [1.29, 1.82) is 0 Å². The second-order valence-electron chi connectivity index (χ2n) is 4.73. The van der Waals surface area contributed by atoms with E-state index >= 15 is 0 Å². The molecule has 1 aliphatic heterocycles. The number of carbonyl (C=O) groups excluding carboxylic acids is 1. The lowest BCUT2D eigenvalue weighted by molar-refractivity contribution is -0.119. The Bertz CT molecular complexity index is 481. The summed E-state index contributed by atoms with van der Waals surface area (Å²) in [6.45, 7) is 2.01. The quantitative estimate of drug-likeness (QED) is 0.720. The summed E-state index contributed by atoms with van der Waals surface area (Å²) in [5.74, 6) is 1.85. The van der Waals surface area contributed by atoms with Gasteiger partial charge in [-0.3, -0.25) is 4.79 Å². The van der Waals surface area contributed by atoms with Crippen molar-refractivity contribution in [3.8, 4) is 5.75 Å². The van der Waals surface area contributed by atoms with Gasteiger partial charge in [-0.25, -0.2) is 0 Å². The minimum atomic E-state index is 0.227. The van der Waals surface area contributed by atoms with Crippen molar-refractivity contribution in [3.63, 3.8) is 0 Å². The van der Waals surface area contributed by atoms with E-state index in [1.54, 1.807) is 12.0 Å². The summed E-state index contributed by atoms with van der Waals surface area (Å²) < 4.78 is 5.34. The average molecular weight is 217 g/mol. The monoisotopic (exact) mass is 217 g/mol. The molecular formula is C13H15NO2. The van der Waals surface area contributed by atoms with Crippen LogP contribution in [0.3, 0.4) is 0 Å². The lowest BCUT2D eigenvalue weighted by Crippen LogP contribution is -2.32. The van der Waals surface area contributed by atoms with Crippen LogP contribution in [0.2, 0.25) is 0 Å². The zero-order valence-corrected chi connectivity index (χ0v) is 9.78. The maximum Gasteiger partial charge on any atom is 0.230 e. The minimum Gasteiger partial charge on any atom is -0.496 e. The summed E-state index contributed by atoms with van der Waals surface area (Å²) in [6.07, 6.45) is 1.00. The van der Waals surface area contributed by atoms with Crippen molar-refractivity contribution in [2.45, 2.75) is 19.3 Å². The Hall–Kier alpha value is -1.51. The molecule has 1 fully saturated rings. The Morgan fingerprint density at radius 1 is 1.38 bits per heavy atom. The van der Waals surface area contributed by atoms with Crippen LogP contribution < -0.4 is 9.64 Å². The molecular weight excluding hydrogens is 202 g/mol. The summed E-state index contributed by atoms with van der Waals surface area (Å²) in [5, 5.41) is 0. The summed E-state index contributed by atoms with van der Waals surface area (Å²) >= 11 is 0. The molecule has 0 saturated heterocycles. The van der Waals surface area contributed by atoms with E-state index in [1.807, 2.05) is 14.0 Å². The highest BCUT2D eigenvalue weighted by atomic mass is 16.5. The van der Waals surface area contributed by atoms with E-state index in [-0.39, 0.29) is 11.8 Å². The number of benzene rings is 1. The fourth-order valence-corrected chi connectivity index (χ4v) is 2.68. The van der Waals surface area contributed by atoms with Crippen LogP contribution >= 0.6 is 0 Å². The molecule has 0 spiro atoms. The molecule has 2 aliphatic rings. The average Bonchev–Trinajstić information content (AvgIpc) is 3.05. The van der Waals surface area contributed by atoms with E-state index in [0.717, 1.165) is 23.4 Å². The van der Waals surface area contributed by atoms with Gasteiger partial charge in [0.05, 0.1) is 7.11 Å². The van der Waals surface area contributed by atoms with Gasteiger partial charge in [0, 0.05) is 18.7 Å². The molecule has 1 aliphatic carbocycles. The third-order valence-electron chi connectivity index (χ3n) is 3.74. The van der Waals surface area contributed by atoms with Gasteiger partial charge in [0.1, 0.15) is 5.75 Å². The molecule has 3 rings (SSSR count). The summed E-state index contributed by atoms with van der Waals surface area (Å²) in [5.41, 5.74) is 3.41. The van der Waals surface area contributed by atoms with Gasteiger partial charge >= 0.3 is 0 Å². The number of hydrogen-bond acceptors (Lipinski definition) is 2. The molecule has 0 bridgehead atoms. The van der Waals surface area contributed by atoms with Gasteiger partial charge < -0.3 is 9.64 Å². The number of anilines is 1. The van der Waals surface area contributed by atoms with Gasteiger partial charge in [-0.15, -0.1) is 0 Å². The first-order chi connectivity index (χ1) is 7.63. The Kier molecular flexibility index (Phi) is 1.82.